The molecule has 0 unspecified atom stereocenters. The molecule has 1 aromatic carbocycles. The normalized spacial score (nSPS) is 10.7. The second kappa shape index (κ2) is 5.81. The third kappa shape index (κ3) is 2.90. The molecule has 0 amide bonds. The molecule has 94 valence electrons. The Morgan fingerprint density at radius 2 is 1.83 bits per heavy atom. The monoisotopic (exact) mass is 324 g/mol. The van der Waals surface area contributed by atoms with Gasteiger partial charge in [0.25, 0.3) is 0 Å². The first-order chi connectivity index (χ1) is 8.61. The fourth-order valence-electron chi connectivity index (χ4n) is 1.70. The van der Waals surface area contributed by atoms with E-state index in [4.69, 9.17) is 11.6 Å². The average Bonchev–Trinajstić information content (AvgIpc) is 2.36. The molecule has 0 aliphatic heterocycles. The van der Waals surface area contributed by atoms with Crippen LogP contribution in [-0.4, -0.2) is 9.97 Å². The van der Waals surface area contributed by atoms with Crippen molar-refractivity contribution in [3.05, 3.63) is 45.1 Å². The Kier molecular flexibility index (Phi) is 4.36. The van der Waals surface area contributed by atoms with E-state index >= 15 is 0 Å². The van der Waals surface area contributed by atoms with Gasteiger partial charge in [0.2, 0.25) is 0 Å². The van der Waals surface area contributed by atoms with Crippen LogP contribution in [0.15, 0.2) is 28.7 Å². The van der Waals surface area contributed by atoms with Crippen molar-refractivity contribution in [1.29, 1.82) is 0 Å². The Bertz CT molecular complexity index is 552. The van der Waals surface area contributed by atoms with Crippen molar-refractivity contribution in [1.82, 2.24) is 9.97 Å². The van der Waals surface area contributed by atoms with Crippen molar-refractivity contribution in [3.63, 3.8) is 0 Å². The van der Waals surface area contributed by atoms with Crippen molar-refractivity contribution in [2.75, 3.05) is 0 Å². The first kappa shape index (κ1) is 13.5. The van der Waals surface area contributed by atoms with Gasteiger partial charge in [-0.2, -0.15) is 0 Å². The number of halogens is 2. The minimum atomic E-state index is 0.476. The highest BCUT2D eigenvalue weighted by molar-refractivity contribution is 9.10. The van der Waals surface area contributed by atoms with Gasteiger partial charge in [-0.05, 0) is 29.3 Å². The Hall–Kier alpha value is -0.930. The van der Waals surface area contributed by atoms with Crippen molar-refractivity contribution in [3.8, 4) is 11.4 Å². The largest absolute Gasteiger partial charge is 0.232 e. The molecule has 1 aromatic heterocycles. The van der Waals surface area contributed by atoms with Gasteiger partial charge in [-0.1, -0.05) is 54.8 Å². The maximum atomic E-state index is 6.14. The fourth-order valence-corrected chi connectivity index (χ4v) is 2.26. The van der Waals surface area contributed by atoms with E-state index in [1.807, 2.05) is 24.3 Å². The first-order valence-electron chi connectivity index (χ1n) is 5.90. The highest BCUT2D eigenvalue weighted by Gasteiger charge is 2.11. The number of hydrogen-bond acceptors (Lipinski definition) is 2. The number of rotatable bonds is 3. The van der Waals surface area contributed by atoms with Gasteiger partial charge in [0.1, 0.15) is 5.15 Å². The van der Waals surface area contributed by atoms with Gasteiger partial charge in [0.05, 0.1) is 10.2 Å². The lowest BCUT2D eigenvalue weighted by Gasteiger charge is -2.07. The summed E-state index contributed by atoms with van der Waals surface area (Å²) in [6.07, 6.45) is 1.92. The molecule has 0 saturated heterocycles. The molecule has 0 N–H and O–H groups in total. The van der Waals surface area contributed by atoms with Crippen molar-refractivity contribution in [2.24, 2.45) is 0 Å². The van der Waals surface area contributed by atoms with E-state index in [1.54, 1.807) is 0 Å². The van der Waals surface area contributed by atoms with Crippen LogP contribution >= 0.6 is 27.5 Å². The molecule has 4 heteroatoms. The predicted octanol–water partition coefficient (Wildman–Crippen LogP) is 4.82. The van der Waals surface area contributed by atoms with Crippen LogP contribution in [0.3, 0.4) is 0 Å². The lowest BCUT2D eigenvalue weighted by Crippen LogP contribution is -1.98. The number of nitrogens with zero attached hydrogens (tertiary/aromatic N) is 2. The van der Waals surface area contributed by atoms with Crippen LogP contribution in [0, 0.1) is 6.92 Å². The lowest BCUT2D eigenvalue weighted by atomic mass is 10.1. The van der Waals surface area contributed by atoms with Gasteiger partial charge in [-0.3, -0.25) is 0 Å². The number of benzene rings is 1. The second-order valence-electron chi connectivity index (χ2n) is 4.21. The summed E-state index contributed by atoms with van der Waals surface area (Å²) in [7, 11) is 0. The van der Waals surface area contributed by atoms with Crippen LogP contribution in [0.2, 0.25) is 5.15 Å². The maximum Gasteiger partial charge on any atom is 0.161 e. The van der Waals surface area contributed by atoms with E-state index in [2.05, 4.69) is 39.7 Å². The van der Waals surface area contributed by atoms with E-state index in [1.165, 1.54) is 5.56 Å². The molecule has 2 rings (SSSR count). The molecule has 2 aromatic rings. The summed E-state index contributed by atoms with van der Waals surface area (Å²) in [4.78, 5) is 8.90. The van der Waals surface area contributed by atoms with E-state index in [0.29, 0.717) is 11.0 Å². The molecule has 1 heterocycles. The minimum absolute atomic E-state index is 0.476. The molecule has 0 saturated carbocycles. The van der Waals surface area contributed by atoms with Crippen LogP contribution in [0.4, 0.5) is 0 Å². The third-order valence-corrected chi connectivity index (χ3v) is 4.01. The smallest absolute Gasteiger partial charge is 0.161 e. The molecule has 0 fully saturated rings. The minimum Gasteiger partial charge on any atom is -0.232 e. The first-order valence-corrected chi connectivity index (χ1v) is 7.08. The molecular weight excluding hydrogens is 312 g/mol. The molecule has 0 bridgehead atoms. The molecule has 0 aliphatic rings. The molecule has 0 radical (unpaired) electrons. The van der Waals surface area contributed by atoms with Gasteiger partial charge in [0.15, 0.2) is 5.82 Å². The van der Waals surface area contributed by atoms with Gasteiger partial charge < -0.3 is 0 Å². The van der Waals surface area contributed by atoms with Crippen LogP contribution in [-0.2, 0) is 6.42 Å². The molecule has 0 spiro atoms. The standard InChI is InChI=1S/C14H14BrClN2/c1-3-4-11-12(15)13(16)18-14(17-11)10-7-5-9(2)6-8-10/h5-8H,3-4H2,1-2H3. The zero-order chi connectivity index (χ0) is 13.1. The van der Waals surface area contributed by atoms with Gasteiger partial charge in [-0.15, -0.1) is 0 Å². The molecule has 2 nitrogen and oxygen atoms in total. The van der Waals surface area contributed by atoms with Crippen LogP contribution in [0.25, 0.3) is 11.4 Å². The zero-order valence-corrected chi connectivity index (χ0v) is 12.7. The Labute approximate surface area is 121 Å². The van der Waals surface area contributed by atoms with Crippen LogP contribution < -0.4 is 0 Å². The summed E-state index contributed by atoms with van der Waals surface area (Å²) in [6, 6.07) is 8.14. The molecule has 0 aliphatic carbocycles. The fraction of sp³-hybridized carbons (Fsp3) is 0.286. The van der Waals surface area contributed by atoms with Crippen LogP contribution in [0.5, 0.6) is 0 Å². The highest BCUT2D eigenvalue weighted by Crippen LogP contribution is 2.27. The summed E-state index contributed by atoms with van der Waals surface area (Å²) in [5.74, 6) is 0.687. The summed E-state index contributed by atoms with van der Waals surface area (Å²) in [6.45, 7) is 4.18. The van der Waals surface area contributed by atoms with E-state index < -0.39 is 0 Å². The average molecular weight is 326 g/mol. The summed E-state index contributed by atoms with van der Waals surface area (Å²) in [5, 5.41) is 0.476. The molecule has 18 heavy (non-hydrogen) atoms. The summed E-state index contributed by atoms with van der Waals surface area (Å²) in [5.41, 5.74) is 3.18. The zero-order valence-electron chi connectivity index (χ0n) is 10.4. The van der Waals surface area contributed by atoms with E-state index in [-0.39, 0.29) is 0 Å². The molecular formula is C14H14BrClN2. The second-order valence-corrected chi connectivity index (χ2v) is 5.37. The number of aromatic nitrogens is 2. The van der Waals surface area contributed by atoms with Gasteiger partial charge in [-0.25, -0.2) is 9.97 Å². The SMILES string of the molecule is CCCc1nc(-c2ccc(C)cc2)nc(Cl)c1Br. The predicted molar refractivity (Wildman–Crippen MR) is 78.9 cm³/mol. The highest BCUT2D eigenvalue weighted by atomic mass is 79.9. The quantitative estimate of drug-likeness (QED) is 0.756. The van der Waals surface area contributed by atoms with Crippen molar-refractivity contribution >= 4 is 27.5 Å². The molecule has 0 atom stereocenters. The number of hydrogen-bond donors (Lipinski definition) is 0. The summed E-state index contributed by atoms with van der Waals surface area (Å²) < 4.78 is 0.807. The summed E-state index contributed by atoms with van der Waals surface area (Å²) >= 11 is 9.58. The Morgan fingerprint density at radius 3 is 2.44 bits per heavy atom. The van der Waals surface area contributed by atoms with E-state index in [9.17, 15) is 0 Å². The van der Waals surface area contributed by atoms with Crippen LogP contribution in [0.1, 0.15) is 24.6 Å². The van der Waals surface area contributed by atoms with Crippen molar-refractivity contribution < 1.29 is 0 Å². The van der Waals surface area contributed by atoms with Gasteiger partial charge >= 0.3 is 0 Å². The Morgan fingerprint density at radius 1 is 1.17 bits per heavy atom. The maximum absolute atomic E-state index is 6.14. The van der Waals surface area contributed by atoms with E-state index in [0.717, 1.165) is 28.6 Å². The Balaban J connectivity index is 2.48. The topological polar surface area (TPSA) is 25.8 Å². The lowest BCUT2D eigenvalue weighted by molar-refractivity contribution is 0.868. The van der Waals surface area contributed by atoms with Crippen molar-refractivity contribution in [2.45, 2.75) is 26.7 Å². The third-order valence-electron chi connectivity index (χ3n) is 2.68. The van der Waals surface area contributed by atoms with Gasteiger partial charge in [0, 0.05) is 5.56 Å². The number of aryl methyl sites for hydroxylation is 2.